The minimum atomic E-state index is -4.61. The van der Waals surface area contributed by atoms with Crippen molar-refractivity contribution in [1.29, 1.82) is 0 Å². The average molecular weight is 635 g/mol. The molecule has 2 aromatic carbocycles. The Morgan fingerprint density at radius 1 is 1.07 bits per heavy atom. The van der Waals surface area contributed by atoms with E-state index in [9.17, 15) is 31.5 Å². The van der Waals surface area contributed by atoms with Crippen LogP contribution in [0, 0.1) is 11.6 Å². The fourth-order valence-corrected chi connectivity index (χ4v) is 5.01. The quantitative estimate of drug-likeness (QED) is 0.222. The second-order valence-electron chi connectivity index (χ2n) is 10.8. The van der Waals surface area contributed by atoms with E-state index in [2.05, 4.69) is 25.7 Å². The van der Waals surface area contributed by atoms with Crippen LogP contribution in [-0.2, 0) is 27.1 Å². The number of alkyl carbamates (subject to hydrolysis) is 1. The first-order valence-electron chi connectivity index (χ1n) is 14.6. The van der Waals surface area contributed by atoms with Crippen molar-refractivity contribution in [3.63, 3.8) is 0 Å². The van der Waals surface area contributed by atoms with Gasteiger partial charge in [-0.15, -0.1) is 0 Å². The number of pyridine rings is 1. The van der Waals surface area contributed by atoms with E-state index in [1.54, 1.807) is 12.1 Å². The molecule has 242 valence electrons. The van der Waals surface area contributed by atoms with Crippen LogP contribution in [0.15, 0.2) is 60.9 Å². The first-order chi connectivity index (χ1) is 21.5. The van der Waals surface area contributed by atoms with Crippen molar-refractivity contribution in [2.24, 2.45) is 0 Å². The largest absolute Gasteiger partial charge is 0.440 e. The van der Waals surface area contributed by atoms with Crippen molar-refractivity contribution in [3.05, 3.63) is 94.8 Å². The van der Waals surface area contributed by atoms with Gasteiger partial charge in [-0.3, -0.25) is 9.78 Å². The number of amides is 2. The van der Waals surface area contributed by atoms with E-state index in [1.165, 1.54) is 18.3 Å². The van der Waals surface area contributed by atoms with E-state index < -0.39 is 24.7 Å². The van der Waals surface area contributed by atoms with Crippen LogP contribution in [0.5, 0.6) is 0 Å². The number of benzene rings is 2. The van der Waals surface area contributed by atoms with Crippen molar-refractivity contribution in [3.8, 4) is 0 Å². The molecule has 3 atom stereocenters. The summed E-state index contributed by atoms with van der Waals surface area (Å²) in [4.78, 5) is 28.7. The van der Waals surface area contributed by atoms with Crippen LogP contribution < -0.4 is 16.0 Å². The zero-order valence-electron chi connectivity index (χ0n) is 24.6. The van der Waals surface area contributed by atoms with Gasteiger partial charge in [-0.05, 0) is 48.1 Å². The second-order valence-corrected chi connectivity index (χ2v) is 10.8. The maximum absolute atomic E-state index is 14.9. The summed E-state index contributed by atoms with van der Waals surface area (Å²) in [5, 5.41) is 8.20. The number of alkyl halides is 3. The van der Waals surface area contributed by atoms with E-state index in [4.69, 9.17) is 4.74 Å². The van der Waals surface area contributed by atoms with Crippen molar-refractivity contribution in [1.82, 2.24) is 15.6 Å². The van der Waals surface area contributed by atoms with Gasteiger partial charge in [0.25, 0.3) is 0 Å². The van der Waals surface area contributed by atoms with Crippen LogP contribution >= 0.6 is 0 Å². The number of anilines is 1. The molecule has 3 unspecified atom stereocenters. The van der Waals surface area contributed by atoms with Crippen molar-refractivity contribution in [2.75, 3.05) is 31.6 Å². The summed E-state index contributed by atoms with van der Waals surface area (Å²) >= 11 is 0. The molecule has 3 aromatic rings. The molecular weight excluding hydrogens is 599 g/mol. The molecule has 2 heterocycles. The first kappa shape index (κ1) is 33.8. The number of hydrogen-bond donors (Lipinski definition) is 3. The molecule has 1 saturated heterocycles. The van der Waals surface area contributed by atoms with Crippen LogP contribution in [0.3, 0.4) is 0 Å². The minimum Gasteiger partial charge on any atom is -0.440 e. The molecule has 4 rings (SSSR count). The van der Waals surface area contributed by atoms with Crippen molar-refractivity contribution in [2.45, 2.75) is 56.8 Å². The zero-order chi connectivity index (χ0) is 32.4. The summed E-state index contributed by atoms with van der Waals surface area (Å²) in [6.45, 7) is 0.890. The lowest BCUT2D eigenvalue weighted by Crippen LogP contribution is -2.51. The van der Waals surface area contributed by atoms with Gasteiger partial charge in [0.1, 0.15) is 11.6 Å². The first-order valence-corrected chi connectivity index (χ1v) is 14.6. The Kier molecular flexibility index (Phi) is 11.8. The third-order valence-corrected chi connectivity index (χ3v) is 7.47. The lowest BCUT2D eigenvalue weighted by molar-refractivity contribution is -0.160. The van der Waals surface area contributed by atoms with Crippen LogP contribution in [0.25, 0.3) is 0 Å². The Bertz CT molecular complexity index is 1410. The summed E-state index contributed by atoms with van der Waals surface area (Å²) in [5.41, 5.74) is 3.30. The standard InChI is InChI=1S/C32H35F5N4O4/c1-2-20-3-5-21(6-4-20)27(22-7-9-23(33)10-8-22)13-30(42)41-29-17-38-16-28(34)26(29)12-11-25-15-39-24(18-44-25)14-40-31(43)45-19-32(35,36)37/h3-10,16-17,24-25,27,39H,2,11-15,18-19H2,1H3,(H,40,43)(H,41,42). The Labute approximate surface area is 257 Å². The number of nitrogens with zero attached hydrogens (tertiary/aromatic N) is 1. The molecule has 1 aromatic heterocycles. The number of rotatable bonds is 12. The zero-order valence-corrected chi connectivity index (χ0v) is 24.6. The minimum absolute atomic E-state index is 0.000235. The predicted molar refractivity (Wildman–Crippen MR) is 157 cm³/mol. The number of ether oxygens (including phenoxy) is 2. The van der Waals surface area contributed by atoms with Gasteiger partial charge in [0.2, 0.25) is 5.91 Å². The number of carbonyl (C=O) groups excluding carboxylic acids is 2. The van der Waals surface area contributed by atoms with Gasteiger partial charge >= 0.3 is 12.3 Å². The summed E-state index contributed by atoms with van der Waals surface area (Å²) in [6.07, 6.45) is -2.14. The summed E-state index contributed by atoms with van der Waals surface area (Å²) in [7, 11) is 0. The molecule has 0 radical (unpaired) electrons. The number of carbonyl (C=O) groups is 2. The summed E-state index contributed by atoms with van der Waals surface area (Å²) in [6, 6.07) is 13.5. The van der Waals surface area contributed by atoms with Crippen molar-refractivity contribution >= 4 is 17.7 Å². The van der Waals surface area contributed by atoms with E-state index in [-0.39, 0.29) is 67.0 Å². The lowest BCUT2D eigenvalue weighted by Gasteiger charge is -2.30. The molecule has 3 N–H and O–H groups in total. The maximum atomic E-state index is 14.9. The SMILES string of the molecule is CCc1ccc(C(CC(=O)Nc2cncc(F)c2CCC2CNC(CNC(=O)OCC(F)(F)F)CO2)c2ccc(F)cc2)cc1. The molecule has 0 saturated carbocycles. The second kappa shape index (κ2) is 15.8. The highest BCUT2D eigenvalue weighted by atomic mass is 19.4. The molecule has 13 heteroatoms. The van der Waals surface area contributed by atoms with Crippen LogP contribution in [0.1, 0.15) is 47.9 Å². The molecule has 1 fully saturated rings. The highest BCUT2D eigenvalue weighted by Crippen LogP contribution is 2.30. The molecule has 0 bridgehead atoms. The summed E-state index contributed by atoms with van der Waals surface area (Å²) < 4.78 is 75.0. The molecule has 1 aliphatic heterocycles. The average Bonchev–Trinajstić information content (AvgIpc) is 3.02. The molecule has 45 heavy (non-hydrogen) atoms. The molecule has 0 spiro atoms. The molecule has 8 nitrogen and oxygen atoms in total. The Hall–Kier alpha value is -4.10. The van der Waals surface area contributed by atoms with Gasteiger partial charge in [-0.25, -0.2) is 13.6 Å². The Balaban J connectivity index is 1.33. The molecule has 1 aliphatic rings. The van der Waals surface area contributed by atoms with Gasteiger partial charge in [0.15, 0.2) is 6.61 Å². The number of hydrogen-bond acceptors (Lipinski definition) is 6. The molecular formula is C32H35F5N4O4. The normalized spacial score (nSPS) is 17.4. The van der Waals surface area contributed by atoms with Gasteiger partial charge < -0.3 is 25.4 Å². The number of aryl methyl sites for hydroxylation is 1. The van der Waals surface area contributed by atoms with Gasteiger partial charge in [0.05, 0.1) is 30.8 Å². The van der Waals surface area contributed by atoms with E-state index in [0.29, 0.717) is 13.0 Å². The van der Waals surface area contributed by atoms with Crippen molar-refractivity contribution < 1.29 is 41.0 Å². The third kappa shape index (κ3) is 10.5. The van der Waals surface area contributed by atoms with Crippen LogP contribution in [0.2, 0.25) is 0 Å². The fourth-order valence-electron chi connectivity index (χ4n) is 5.01. The number of aromatic nitrogens is 1. The number of nitrogens with one attached hydrogen (secondary N) is 3. The summed E-state index contributed by atoms with van der Waals surface area (Å²) in [5.74, 6) is -1.69. The maximum Gasteiger partial charge on any atom is 0.422 e. The van der Waals surface area contributed by atoms with Crippen LogP contribution in [-0.4, -0.2) is 61.6 Å². The topological polar surface area (TPSA) is 102 Å². The van der Waals surface area contributed by atoms with Gasteiger partial charge in [-0.2, -0.15) is 13.2 Å². The van der Waals surface area contributed by atoms with Gasteiger partial charge in [0, 0.05) is 37.0 Å². The van der Waals surface area contributed by atoms with Gasteiger partial charge in [-0.1, -0.05) is 43.3 Å². The monoisotopic (exact) mass is 634 g/mol. The third-order valence-electron chi connectivity index (χ3n) is 7.47. The Morgan fingerprint density at radius 2 is 1.76 bits per heavy atom. The number of halogens is 5. The predicted octanol–water partition coefficient (Wildman–Crippen LogP) is 5.66. The fraction of sp³-hybridized carbons (Fsp3) is 0.406. The number of morpholine rings is 1. The van der Waals surface area contributed by atoms with E-state index >= 15 is 0 Å². The van der Waals surface area contributed by atoms with E-state index in [0.717, 1.165) is 29.3 Å². The highest BCUT2D eigenvalue weighted by molar-refractivity contribution is 5.92. The smallest absolute Gasteiger partial charge is 0.422 e. The lowest BCUT2D eigenvalue weighted by atomic mass is 9.87. The van der Waals surface area contributed by atoms with Crippen LogP contribution in [0.4, 0.5) is 32.4 Å². The molecule has 0 aliphatic carbocycles. The van der Waals surface area contributed by atoms with E-state index in [1.807, 2.05) is 31.2 Å². The highest BCUT2D eigenvalue weighted by Gasteiger charge is 2.30. The molecule has 2 amide bonds. The Morgan fingerprint density at radius 3 is 2.38 bits per heavy atom.